The van der Waals surface area contributed by atoms with Crippen LogP contribution in [0.2, 0.25) is 0 Å². The van der Waals surface area contributed by atoms with E-state index in [-0.39, 0.29) is 23.1 Å². The molecule has 0 atom stereocenters. The number of ether oxygens (including phenoxy) is 2. The molecule has 0 radical (unpaired) electrons. The van der Waals surface area contributed by atoms with Gasteiger partial charge in [-0.05, 0) is 40.0 Å². The number of H-pyrrole nitrogens is 1. The summed E-state index contributed by atoms with van der Waals surface area (Å²) in [5.41, 5.74) is 0.464. The van der Waals surface area contributed by atoms with E-state index in [1.165, 1.54) is 12.3 Å². The highest BCUT2D eigenvalue weighted by Crippen LogP contribution is 2.28. The van der Waals surface area contributed by atoms with Crippen molar-refractivity contribution >= 4 is 17.7 Å². The fourth-order valence-electron chi connectivity index (χ4n) is 3.41. The van der Waals surface area contributed by atoms with E-state index < -0.39 is 11.6 Å². The van der Waals surface area contributed by atoms with Gasteiger partial charge in [-0.25, -0.2) is 14.1 Å². The largest absolute Gasteiger partial charge is 0.462 e. The van der Waals surface area contributed by atoms with Crippen LogP contribution in [0.3, 0.4) is 0 Å². The number of aromatic amines is 1. The lowest BCUT2D eigenvalue weighted by Gasteiger charge is -2.33. The van der Waals surface area contributed by atoms with Crippen molar-refractivity contribution in [3.8, 4) is 0 Å². The molecular formula is C20H28N4O5. The Morgan fingerprint density at radius 1 is 1.28 bits per heavy atom. The van der Waals surface area contributed by atoms with Crippen LogP contribution in [0.25, 0.3) is 5.65 Å². The summed E-state index contributed by atoms with van der Waals surface area (Å²) in [4.78, 5) is 41.1. The second kappa shape index (κ2) is 8.26. The smallest absolute Gasteiger partial charge is 0.410 e. The zero-order chi connectivity index (χ0) is 21.2. The van der Waals surface area contributed by atoms with Crippen molar-refractivity contribution in [2.24, 2.45) is 0 Å². The number of hydrogen-bond donors (Lipinski definition) is 1. The van der Waals surface area contributed by atoms with Gasteiger partial charge >= 0.3 is 12.1 Å². The highest BCUT2D eigenvalue weighted by Gasteiger charge is 2.29. The van der Waals surface area contributed by atoms with Crippen LogP contribution in [0.5, 0.6) is 0 Å². The minimum atomic E-state index is -0.537. The minimum Gasteiger partial charge on any atom is -0.462 e. The molecule has 1 saturated heterocycles. The molecule has 9 heteroatoms. The van der Waals surface area contributed by atoms with Gasteiger partial charge in [-0.1, -0.05) is 6.92 Å². The molecule has 29 heavy (non-hydrogen) atoms. The summed E-state index contributed by atoms with van der Waals surface area (Å²) in [7, 11) is 0. The van der Waals surface area contributed by atoms with E-state index in [1.807, 2.05) is 27.7 Å². The Labute approximate surface area is 169 Å². The molecular weight excluding hydrogens is 376 g/mol. The number of nitrogens with one attached hydrogen (secondary N) is 1. The Hall–Kier alpha value is -2.84. The molecule has 0 saturated carbocycles. The molecule has 1 aliphatic rings. The Balaban J connectivity index is 1.79. The van der Waals surface area contributed by atoms with E-state index in [9.17, 15) is 14.4 Å². The highest BCUT2D eigenvalue weighted by atomic mass is 16.6. The molecule has 1 amide bonds. The number of nitrogens with zero attached hydrogens (tertiary/aromatic N) is 3. The predicted octanol–water partition coefficient (Wildman–Crippen LogP) is 2.70. The Morgan fingerprint density at radius 3 is 2.59 bits per heavy atom. The maximum absolute atomic E-state index is 12.3. The first-order valence-electron chi connectivity index (χ1n) is 9.95. The number of hydrogen-bond acceptors (Lipinski definition) is 6. The van der Waals surface area contributed by atoms with Crippen LogP contribution < -0.4 is 5.56 Å². The van der Waals surface area contributed by atoms with Gasteiger partial charge < -0.3 is 19.4 Å². The lowest BCUT2D eigenvalue weighted by Crippen LogP contribution is -2.41. The van der Waals surface area contributed by atoms with Crippen LogP contribution in [0.1, 0.15) is 68.9 Å². The maximum Gasteiger partial charge on any atom is 0.410 e. The molecule has 0 spiro atoms. The van der Waals surface area contributed by atoms with Crippen molar-refractivity contribution in [3.05, 3.63) is 33.9 Å². The third-order valence-corrected chi connectivity index (χ3v) is 4.76. The first kappa shape index (κ1) is 20.9. The zero-order valence-corrected chi connectivity index (χ0v) is 17.4. The van der Waals surface area contributed by atoms with Gasteiger partial charge in [-0.2, -0.15) is 5.10 Å². The van der Waals surface area contributed by atoms with Crippen LogP contribution in [0.15, 0.2) is 17.1 Å². The average Bonchev–Trinajstić information content (AvgIpc) is 3.08. The molecule has 0 aliphatic carbocycles. The Morgan fingerprint density at radius 2 is 1.97 bits per heavy atom. The zero-order valence-electron chi connectivity index (χ0n) is 17.4. The Bertz CT molecular complexity index is 948. The van der Waals surface area contributed by atoms with Crippen LogP contribution in [0, 0.1) is 0 Å². The van der Waals surface area contributed by atoms with Gasteiger partial charge in [-0.3, -0.25) is 4.79 Å². The lowest BCUT2D eigenvalue weighted by atomic mass is 9.93. The first-order valence-corrected chi connectivity index (χ1v) is 9.95. The minimum absolute atomic E-state index is 0.0397. The van der Waals surface area contributed by atoms with E-state index in [0.717, 1.165) is 5.69 Å². The molecule has 1 N–H and O–H groups in total. The average molecular weight is 404 g/mol. The van der Waals surface area contributed by atoms with Crippen molar-refractivity contribution in [2.75, 3.05) is 19.7 Å². The van der Waals surface area contributed by atoms with Crippen LogP contribution in [-0.2, 0) is 9.47 Å². The molecule has 2 aromatic rings. The van der Waals surface area contributed by atoms with Crippen LogP contribution in [0.4, 0.5) is 4.79 Å². The van der Waals surface area contributed by atoms with Crippen molar-refractivity contribution in [1.29, 1.82) is 0 Å². The summed E-state index contributed by atoms with van der Waals surface area (Å²) < 4.78 is 12.2. The van der Waals surface area contributed by atoms with Crippen molar-refractivity contribution in [2.45, 2.75) is 58.5 Å². The summed E-state index contributed by atoms with van der Waals surface area (Å²) in [6.45, 7) is 8.79. The maximum atomic E-state index is 12.3. The number of fused-ring (bicyclic) bond motifs is 1. The van der Waals surface area contributed by atoms with Gasteiger partial charge in [0.15, 0.2) is 5.65 Å². The second-order valence-electron chi connectivity index (χ2n) is 8.25. The van der Waals surface area contributed by atoms with Crippen LogP contribution in [-0.4, -0.2) is 56.9 Å². The number of rotatable bonds is 4. The fourth-order valence-corrected chi connectivity index (χ4v) is 3.41. The van der Waals surface area contributed by atoms with Gasteiger partial charge in [-0.15, -0.1) is 0 Å². The van der Waals surface area contributed by atoms with Gasteiger partial charge in [0.1, 0.15) is 11.2 Å². The Kier molecular flexibility index (Phi) is 5.95. The van der Waals surface area contributed by atoms with Gasteiger partial charge in [0.25, 0.3) is 5.56 Å². The summed E-state index contributed by atoms with van der Waals surface area (Å²) >= 11 is 0. The van der Waals surface area contributed by atoms with Gasteiger partial charge in [0, 0.05) is 25.1 Å². The molecule has 1 fully saturated rings. The first-order chi connectivity index (χ1) is 13.7. The van der Waals surface area contributed by atoms with E-state index in [0.29, 0.717) is 44.6 Å². The lowest BCUT2D eigenvalue weighted by molar-refractivity contribution is 0.0203. The number of carbonyl (C=O) groups excluding carboxylic acids is 2. The summed E-state index contributed by atoms with van der Waals surface area (Å²) in [5.74, 6) is -0.465. The third-order valence-electron chi connectivity index (χ3n) is 4.76. The molecule has 2 aromatic heterocycles. The molecule has 0 unspecified atom stereocenters. The third kappa shape index (κ3) is 4.78. The number of esters is 1. The quantitative estimate of drug-likeness (QED) is 0.786. The summed E-state index contributed by atoms with van der Waals surface area (Å²) in [6.07, 6.45) is 3.15. The SMILES string of the molecule is CCCOC(=O)c1cnn2c(C3CCN(C(=O)OC(C)(C)C)CC3)cc(=O)[nH]c12. The molecule has 9 nitrogen and oxygen atoms in total. The number of aromatic nitrogens is 3. The second-order valence-corrected chi connectivity index (χ2v) is 8.25. The molecule has 3 rings (SSSR count). The fraction of sp³-hybridized carbons (Fsp3) is 0.600. The number of amides is 1. The highest BCUT2D eigenvalue weighted by molar-refractivity contribution is 5.95. The molecule has 1 aliphatic heterocycles. The van der Waals surface area contributed by atoms with E-state index in [2.05, 4.69) is 10.1 Å². The normalized spacial score (nSPS) is 15.5. The van der Waals surface area contributed by atoms with E-state index >= 15 is 0 Å². The molecule has 158 valence electrons. The predicted molar refractivity (Wildman–Crippen MR) is 106 cm³/mol. The van der Waals surface area contributed by atoms with Crippen molar-refractivity contribution in [3.63, 3.8) is 0 Å². The molecule has 3 heterocycles. The number of likely N-dealkylation sites (tertiary alicyclic amines) is 1. The monoisotopic (exact) mass is 404 g/mol. The standard InChI is InChI=1S/C20H28N4O5/c1-5-10-28-18(26)14-12-21-24-15(11-16(25)22-17(14)24)13-6-8-23(9-7-13)19(27)29-20(2,3)4/h11-13H,5-10H2,1-4H3,(H,22,25). The van der Waals surface area contributed by atoms with E-state index in [4.69, 9.17) is 9.47 Å². The topological polar surface area (TPSA) is 106 Å². The molecule has 0 aromatic carbocycles. The van der Waals surface area contributed by atoms with Crippen molar-refractivity contribution in [1.82, 2.24) is 19.5 Å². The summed E-state index contributed by atoms with van der Waals surface area (Å²) in [6, 6.07) is 1.51. The van der Waals surface area contributed by atoms with E-state index in [1.54, 1.807) is 9.42 Å². The van der Waals surface area contributed by atoms with Gasteiger partial charge in [0.2, 0.25) is 0 Å². The number of carbonyl (C=O) groups is 2. The van der Waals surface area contributed by atoms with Crippen LogP contribution >= 0.6 is 0 Å². The van der Waals surface area contributed by atoms with Crippen molar-refractivity contribution < 1.29 is 19.1 Å². The van der Waals surface area contributed by atoms with Gasteiger partial charge in [0.05, 0.1) is 18.5 Å². The number of piperidine rings is 1. The molecule has 0 bridgehead atoms. The summed E-state index contributed by atoms with van der Waals surface area (Å²) in [5, 5.41) is 4.31.